The van der Waals surface area contributed by atoms with Gasteiger partial charge in [-0.15, -0.1) is 0 Å². The van der Waals surface area contributed by atoms with Gasteiger partial charge < -0.3 is 19.1 Å². The molecule has 1 amide bonds. The first kappa shape index (κ1) is 24.9. The zero-order valence-electron chi connectivity index (χ0n) is 19.6. The van der Waals surface area contributed by atoms with E-state index in [0.29, 0.717) is 28.3 Å². The summed E-state index contributed by atoms with van der Waals surface area (Å²) in [5, 5.41) is 0.139. The normalized spacial score (nSPS) is 14.4. The number of halogens is 1. The summed E-state index contributed by atoms with van der Waals surface area (Å²) >= 11 is 5.59. The number of carbonyl (C=O) groups excluding carboxylic acids is 2. The third-order valence-electron chi connectivity index (χ3n) is 5.48. The summed E-state index contributed by atoms with van der Waals surface area (Å²) in [6, 6.07) is 20.1. The number of ether oxygens (including phenoxy) is 3. The highest BCUT2D eigenvalue weighted by Gasteiger charge is 2.40. The molecule has 0 bridgehead atoms. The molecule has 0 aliphatic carbocycles. The molecule has 0 radical (unpaired) electrons. The molecule has 36 heavy (non-hydrogen) atoms. The summed E-state index contributed by atoms with van der Waals surface area (Å²) in [6.07, 6.45) is 1.61. The lowest BCUT2D eigenvalue weighted by Gasteiger charge is -2.19. The maximum Gasteiger partial charge on any atom is 0.325 e. The highest BCUT2D eigenvalue weighted by Crippen LogP contribution is 2.32. The van der Waals surface area contributed by atoms with E-state index < -0.39 is 11.9 Å². The Balaban J connectivity index is 1.68. The number of nitrogens with zero attached hydrogens (tertiary/aromatic N) is 2. The number of amides is 1. The quantitative estimate of drug-likeness (QED) is 0.252. The monoisotopic (exact) mass is 506 g/mol. The third-order valence-corrected chi connectivity index (χ3v) is 5.88. The van der Waals surface area contributed by atoms with Gasteiger partial charge >= 0.3 is 5.97 Å². The number of esters is 1. The SMILES string of the molecule is COC(=O)CN1C(=S)N(c2ccc(OC)cc2)C(=O)/C1=C/c1ccccc1OCc1cccc(F)c1. The van der Waals surface area contributed by atoms with Gasteiger partial charge in [-0.1, -0.05) is 30.3 Å². The van der Waals surface area contributed by atoms with Crippen LogP contribution in [0.1, 0.15) is 11.1 Å². The Morgan fingerprint density at radius 3 is 2.47 bits per heavy atom. The van der Waals surface area contributed by atoms with E-state index in [0.717, 1.165) is 0 Å². The Labute approximate surface area is 213 Å². The molecular formula is C27H23FN2O5S. The Kier molecular flexibility index (Phi) is 7.60. The van der Waals surface area contributed by atoms with Crippen molar-refractivity contribution in [1.29, 1.82) is 0 Å². The van der Waals surface area contributed by atoms with Crippen LogP contribution in [0.25, 0.3) is 6.08 Å². The van der Waals surface area contributed by atoms with E-state index in [1.165, 1.54) is 29.0 Å². The van der Waals surface area contributed by atoms with E-state index >= 15 is 0 Å². The number of anilines is 1. The van der Waals surface area contributed by atoms with E-state index in [1.807, 2.05) is 0 Å². The maximum absolute atomic E-state index is 13.5. The molecule has 0 aromatic heterocycles. The fourth-order valence-corrected chi connectivity index (χ4v) is 4.00. The molecule has 1 saturated heterocycles. The highest BCUT2D eigenvalue weighted by molar-refractivity contribution is 7.80. The summed E-state index contributed by atoms with van der Waals surface area (Å²) in [5.74, 6) is -0.206. The van der Waals surface area contributed by atoms with Crippen LogP contribution in [0.4, 0.5) is 10.1 Å². The molecule has 4 rings (SSSR count). The van der Waals surface area contributed by atoms with E-state index in [2.05, 4.69) is 0 Å². The molecule has 0 spiro atoms. The molecule has 1 heterocycles. The summed E-state index contributed by atoms with van der Waals surface area (Å²) in [5.41, 5.74) is 1.96. The molecule has 184 valence electrons. The summed E-state index contributed by atoms with van der Waals surface area (Å²) in [7, 11) is 2.82. The maximum atomic E-state index is 13.5. The standard InChI is InChI=1S/C27H23FN2O5S/c1-33-22-12-10-21(11-13-22)30-26(32)23(29(27(30)36)16-25(31)34-2)15-19-7-3-4-9-24(19)35-17-18-6-5-8-20(28)14-18/h3-15H,16-17H2,1-2H3/b23-15-. The van der Waals surface area contributed by atoms with Gasteiger partial charge in [-0.05, 0) is 66.3 Å². The van der Waals surface area contributed by atoms with E-state index in [-0.39, 0.29) is 29.8 Å². The van der Waals surface area contributed by atoms with Gasteiger partial charge in [-0.3, -0.25) is 14.5 Å². The van der Waals surface area contributed by atoms with Gasteiger partial charge in [-0.25, -0.2) is 4.39 Å². The number of hydrogen-bond donors (Lipinski definition) is 0. The van der Waals surface area contributed by atoms with Gasteiger partial charge in [0.15, 0.2) is 5.11 Å². The molecule has 0 unspecified atom stereocenters. The molecular weight excluding hydrogens is 483 g/mol. The highest BCUT2D eigenvalue weighted by atomic mass is 32.1. The lowest BCUT2D eigenvalue weighted by Crippen LogP contribution is -2.35. The molecule has 7 nitrogen and oxygen atoms in total. The average Bonchev–Trinajstić information content (AvgIpc) is 3.12. The molecule has 3 aromatic rings. The molecule has 0 N–H and O–H groups in total. The number of carbonyl (C=O) groups is 2. The van der Waals surface area contributed by atoms with Crippen molar-refractivity contribution in [3.63, 3.8) is 0 Å². The Morgan fingerprint density at radius 1 is 1.03 bits per heavy atom. The predicted octanol–water partition coefficient (Wildman–Crippen LogP) is 4.56. The van der Waals surface area contributed by atoms with Gasteiger partial charge in [-0.2, -0.15) is 0 Å². The van der Waals surface area contributed by atoms with Crippen LogP contribution in [0.15, 0.2) is 78.5 Å². The van der Waals surface area contributed by atoms with Crippen LogP contribution in [0.2, 0.25) is 0 Å². The number of rotatable bonds is 8. The van der Waals surface area contributed by atoms with Crippen molar-refractivity contribution in [3.05, 3.63) is 95.4 Å². The first-order chi connectivity index (χ1) is 17.4. The van der Waals surface area contributed by atoms with E-state index in [1.54, 1.807) is 73.8 Å². The molecule has 0 saturated carbocycles. The second-order valence-corrected chi connectivity index (χ2v) is 8.13. The Morgan fingerprint density at radius 2 is 1.78 bits per heavy atom. The van der Waals surface area contributed by atoms with E-state index in [9.17, 15) is 14.0 Å². The molecule has 1 aliphatic rings. The fourth-order valence-electron chi connectivity index (χ4n) is 3.65. The van der Waals surface area contributed by atoms with Crippen LogP contribution in [0.3, 0.4) is 0 Å². The zero-order valence-corrected chi connectivity index (χ0v) is 20.5. The minimum atomic E-state index is -0.553. The second kappa shape index (κ2) is 11.0. The lowest BCUT2D eigenvalue weighted by molar-refractivity contribution is -0.140. The van der Waals surface area contributed by atoms with Gasteiger partial charge in [0, 0.05) is 5.56 Å². The summed E-state index contributed by atoms with van der Waals surface area (Å²) < 4.78 is 29.5. The number of methoxy groups -OCH3 is 2. The van der Waals surface area contributed by atoms with Crippen LogP contribution >= 0.6 is 12.2 Å². The van der Waals surface area contributed by atoms with Crippen LogP contribution < -0.4 is 14.4 Å². The smallest absolute Gasteiger partial charge is 0.325 e. The molecule has 3 aromatic carbocycles. The lowest BCUT2D eigenvalue weighted by atomic mass is 10.1. The Hall–Kier alpha value is -4.24. The van der Waals surface area contributed by atoms with Crippen molar-refractivity contribution >= 4 is 41.0 Å². The number of para-hydroxylation sites is 1. The van der Waals surface area contributed by atoms with Crippen molar-refractivity contribution in [1.82, 2.24) is 4.90 Å². The number of hydrogen-bond acceptors (Lipinski definition) is 6. The topological polar surface area (TPSA) is 68.3 Å². The van der Waals surface area contributed by atoms with Crippen molar-refractivity contribution in [2.45, 2.75) is 6.61 Å². The third kappa shape index (κ3) is 5.36. The fraction of sp³-hybridized carbons (Fsp3) is 0.148. The van der Waals surface area contributed by atoms with Gasteiger partial charge in [0.05, 0.1) is 19.9 Å². The minimum Gasteiger partial charge on any atom is -0.497 e. The zero-order chi connectivity index (χ0) is 25.7. The molecule has 1 fully saturated rings. The van der Waals surface area contributed by atoms with Crippen molar-refractivity contribution in [2.24, 2.45) is 0 Å². The average molecular weight is 507 g/mol. The van der Waals surface area contributed by atoms with Crippen molar-refractivity contribution in [2.75, 3.05) is 25.7 Å². The van der Waals surface area contributed by atoms with Crippen LogP contribution in [-0.4, -0.2) is 42.7 Å². The summed E-state index contributed by atoms with van der Waals surface area (Å²) in [6.45, 7) is -0.111. The number of benzene rings is 3. The van der Waals surface area contributed by atoms with Crippen LogP contribution in [0.5, 0.6) is 11.5 Å². The van der Waals surface area contributed by atoms with Crippen LogP contribution in [0, 0.1) is 5.82 Å². The first-order valence-corrected chi connectivity index (χ1v) is 11.4. The van der Waals surface area contributed by atoms with E-state index in [4.69, 9.17) is 26.4 Å². The van der Waals surface area contributed by atoms with Crippen LogP contribution in [-0.2, 0) is 20.9 Å². The molecule has 0 atom stereocenters. The van der Waals surface area contributed by atoms with Gasteiger partial charge in [0.25, 0.3) is 5.91 Å². The first-order valence-electron chi connectivity index (χ1n) is 11.0. The largest absolute Gasteiger partial charge is 0.497 e. The predicted molar refractivity (Wildman–Crippen MR) is 137 cm³/mol. The second-order valence-electron chi connectivity index (χ2n) is 7.77. The van der Waals surface area contributed by atoms with Gasteiger partial charge in [0.2, 0.25) is 0 Å². The van der Waals surface area contributed by atoms with Crippen molar-refractivity contribution in [3.8, 4) is 11.5 Å². The van der Waals surface area contributed by atoms with Crippen molar-refractivity contribution < 1.29 is 28.2 Å². The summed E-state index contributed by atoms with van der Waals surface area (Å²) in [4.78, 5) is 28.5. The Bertz CT molecular complexity index is 1330. The minimum absolute atomic E-state index is 0.133. The molecule has 1 aliphatic heterocycles. The number of thiocarbonyl (C=S) groups is 1. The molecule has 9 heteroatoms. The van der Waals surface area contributed by atoms with Gasteiger partial charge in [0.1, 0.15) is 36.2 Å².